The van der Waals surface area contributed by atoms with E-state index in [1.54, 1.807) is 5.69 Å². The van der Waals surface area contributed by atoms with Gasteiger partial charge in [-0.15, -0.1) is 0 Å². The maximum absolute atomic E-state index is 4.92. The van der Waals surface area contributed by atoms with Crippen LogP contribution in [0.15, 0.2) is 0 Å². The molecule has 1 aliphatic heterocycles. The third-order valence-electron chi connectivity index (χ3n) is 4.73. The van der Waals surface area contributed by atoms with Crippen LogP contribution in [0.3, 0.4) is 0 Å². The third kappa shape index (κ3) is 1.82. The molecule has 1 aromatic rings. The molecule has 3 atom stereocenters. The Morgan fingerprint density at radius 3 is 2.88 bits per heavy atom. The van der Waals surface area contributed by atoms with Crippen molar-refractivity contribution in [1.82, 2.24) is 9.55 Å². The summed E-state index contributed by atoms with van der Waals surface area (Å²) in [7, 11) is 0. The minimum atomic E-state index is 0.667. The quantitative estimate of drug-likeness (QED) is 0.724. The van der Waals surface area contributed by atoms with Crippen LogP contribution in [0.5, 0.6) is 0 Å². The first-order valence-electron chi connectivity index (χ1n) is 7.27. The average molecular weight is 232 g/mol. The number of aromatic nitrogens is 2. The zero-order valence-electron chi connectivity index (χ0n) is 11.4. The number of fused-ring (bicyclic) bond motifs is 3. The number of hydrogen-bond acceptors (Lipinski definition) is 1. The molecule has 0 radical (unpaired) electrons. The van der Waals surface area contributed by atoms with E-state index >= 15 is 0 Å². The van der Waals surface area contributed by atoms with E-state index in [1.807, 2.05) is 0 Å². The molecule has 0 amide bonds. The molecule has 94 valence electrons. The van der Waals surface area contributed by atoms with Crippen molar-refractivity contribution in [3.05, 3.63) is 17.2 Å². The first-order chi connectivity index (χ1) is 8.19. The first kappa shape index (κ1) is 11.3. The second-order valence-electron chi connectivity index (χ2n) is 6.20. The van der Waals surface area contributed by atoms with Crippen molar-refractivity contribution in [3.63, 3.8) is 0 Å². The summed E-state index contributed by atoms with van der Waals surface area (Å²) in [5, 5.41) is 0. The second-order valence-corrected chi connectivity index (χ2v) is 6.20. The van der Waals surface area contributed by atoms with Gasteiger partial charge in [0.05, 0.1) is 5.69 Å². The summed E-state index contributed by atoms with van der Waals surface area (Å²) in [4.78, 5) is 4.92. The van der Waals surface area contributed by atoms with Gasteiger partial charge in [-0.25, -0.2) is 4.98 Å². The van der Waals surface area contributed by atoms with E-state index in [1.165, 1.54) is 50.0 Å². The predicted octanol–water partition coefficient (Wildman–Crippen LogP) is 3.54. The van der Waals surface area contributed by atoms with E-state index in [-0.39, 0.29) is 0 Å². The highest BCUT2D eigenvalue weighted by molar-refractivity contribution is 5.23. The van der Waals surface area contributed by atoms with Crippen LogP contribution >= 0.6 is 0 Å². The topological polar surface area (TPSA) is 17.8 Å². The highest BCUT2D eigenvalue weighted by Gasteiger charge is 2.30. The lowest BCUT2D eigenvalue weighted by Gasteiger charge is -2.30. The van der Waals surface area contributed by atoms with E-state index < -0.39 is 0 Å². The van der Waals surface area contributed by atoms with Gasteiger partial charge in [-0.1, -0.05) is 20.3 Å². The fourth-order valence-corrected chi connectivity index (χ4v) is 3.80. The Bertz CT molecular complexity index is 419. The minimum absolute atomic E-state index is 0.667. The third-order valence-corrected chi connectivity index (χ3v) is 4.73. The lowest BCUT2D eigenvalue weighted by atomic mass is 9.87. The van der Waals surface area contributed by atoms with Crippen molar-refractivity contribution >= 4 is 0 Å². The Hall–Kier alpha value is -0.790. The molecule has 0 N–H and O–H groups in total. The van der Waals surface area contributed by atoms with Crippen LogP contribution in [0, 0.1) is 11.8 Å². The number of hydrogen-bond donors (Lipinski definition) is 0. The number of nitrogens with zero attached hydrogens (tertiary/aromatic N) is 2. The Labute approximate surface area is 104 Å². The summed E-state index contributed by atoms with van der Waals surface area (Å²) in [6.07, 6.45) is 7.68. The van der Waals surface area contributed by atoms with Gasteiger partial charge in [0, 0.05) is 18.2 Å². The standard InChI is InChI=1S/C15H24N2/c1-4-12-5-6-13-14(9-12)17-11(3)7-10(2)8-15(17)16-13/h10-12H,4-9H2,1-3H3. The summed E-state index contributed by atoms with van der Waals surface area (Å²) in [6.45, 7) is 7.06. The van der Waals surface area contributed by atoms with E-state index in [2.05, 4.69) is 25.3 Å². The van der Waals surface area contributed by atoms with Crippen LogP contribution in [-0.4, -0.2) is 9.55 Å². The molecule has 0 aromatic carbocycles. The van der Waals surface area contributed by atoms with Gasteiger partial charge in [-0.05, 0) is 44.4 Å². The molecule has 17 heavy (non-hydrogen) atoms. The van der Waals surface area contributed by atoms with Crippen LogP contribution in [-0.2, 0) is 19.3 Å². The van der Waals surface area contributed by atoms with E-state index in [4.69, 9.17) is 4.98 Å². The van der Waals surface area contributed by atoms with Crippen LogP contribution < -0.4 is 0 Å². The highest BCUT2D eigenvalue weighted by Crippen LogP contribution is 2.35. The number of imidazole rings is 1. The average Bonchev–Trinajstić information content (AvgIpc) is 2.65. The lowest BCUT2D eigenvalue weighted by molar-refractivity contribution is 0.327. The molecule has 0 fully saturated rings. The maximum Gasteiger partial charge on any atom is 0.109 e. The van der Waals surface area contributed by atoms with Gasteiger partial charge in [0.1, 0.15) is 5.82 Å². The van der Waals surface area contributed by atoms with E-state index in [0.29, 0.717) is 6.04 Å². The Kier molecular flexibility index (Phi) is 2.76. The first-order valence-corrected chi connectivity index (χ1v) is 7.27. The van der Waals surface area contributed by atoms with Crippen molar-refractivity contribution in [3.8, 4) is 0 Å². The van der Waals surface area contributed by atoms with Gasteiger partial charge < -0.3 is 4.57 Å². The van der Waals surface area contributed by atoms with Crippen LogP contribution in [0.25, 0.3) is 0 Å². The molecule has 0 saturated heterocycles. The van der Waals surface area contributed by atoms with Crippen molar-refractivity contribution in [2.24, 2.45) is 11.8 Å². The maximum atomic E-state index is 4.92. The van der Waals surface area contributed by atoms with Crippen LogP contribution in [0.1, 0.15) is 63.3 Å². The summed E-state index contributed by atoms with van der Waals surface area (Å²) < 4.78 is 2.58. The fraction of sp³-hybridized carbons (Fsp3) is 0.800. The van der Waals surface area contributed by atoms with Gasteiger partial charge in [0.25, 0.3) is 0 Å². The molecule has 3 rings (SSSR count). The summed E-state index contributed by atoms with van der Waals surface area (Å²) in [5.74, 6) is 3.08. The molecule has 0 spiro atoms. The van der Waals surface area contributed by atoms with Crippen molar-refractivity contribution in [1.29, 1.82) is 0 Å². The molecule has 0 bridgehead atoms. The summed E-state index contributed by atoms with van der Waals surface area (Å²) in [6, 6.07) is 0.667. The Morgan fingerprint density at radius 1 is 1.29 bits per heavy atom. The Balaban J connectivity index is 2.00. The molecule has 1 aliphatic carbocycles. The van der Waals surface area contributed by atoms with Gasteiger partial charge in [0.2, 0.25) is 0 Å². The monoisotopic (exact) mass is 232 g/mol. The van der Waals surface area contributed by atoms with Gasteiger partial charge in [-0.3, -0.25) is 0 Å². The minimum Gasteiger partial charge on any atom is -0.329 e. The molecule has 0 saturated carbocycles. The zero-order chi connectivity index (χ0) is 12.0. The molecule has 2 nitrogen and oxygen atoms in total. The summed E-state index contributed by atoms with van der Waals surface area (Å²) in [5.41, 5.74) is 3.00. The number of rotatable bonds is 1. The van der Waals surface area contributed by atoms with E-state index in [0.717, 1.165) is 11.8 Å². The molecular weight excluding hydrogens is 208 g/mol. The van der Waals surface area contributed by atoms with Crippen molar-refractivity contribution < 1.29 is 0 Å². The zero-order valence-corrected chi connectivity index (χ0v) is 11.4. The smallest absolute Gasteiger partial charge is 0.109 e. The van der Waals surface area contributed by atoms with Gasteiger partial charge in [0.15, 0.2) is 0 Å². The second kappa shape index (κ2) is 4.15. The number of aryl methyl sites for hydroxylation is 1. The van der Waals surface area contributed by atoms with Gasteiger partial charge in [-0.2, -0.15) is 0 Å². The molecule has 2 heteroatoms. The molecule has 1 aromatic heterocycles. The molecule has 3 unspecified atom stereocenters. The van der Waals surface area contributed by atoms with Crippen LogP contribution in [0.4, 0.5) is 0 Å². The van der Waals surface area contributed by atoms with Gasteiger partial charge >= 0.3 is 0 Å². The highest BCUT2D eigenvalue weighted by atomic mass is 15.1. The molecule has 2 heterocycles. The fourth-order valence-electron chi connectivity index (χ4n) is 3.80. The van der Waals surface area contributed by atoms with Crippen molar-refractivity contribution in [2.75, 3.05) is 0 Å². The van der Waals surface area contributed by atoms with Crippen molar-refractivity contribution in [2.45, 2.75) is 65.3 Å². The Morgan fingerprint density at radius 2 is 2.12 bits per heavy atom. The van der Waals surface area contributed by atoms with E-state index in [9.17, 15) is 0 Å². The molecule has 2 aliphatic rings. The SMILES string of the molecule is CCC1CCc2nc3n(c2C1)C(C)CC(C)C3. The normalized spacial score (nSPS) is 32.1. The largest absolute Gasteiger partial charge is 0.329 e. The van der Waals surface area contributed by atoms with Crippen LogP contribution in [0.2, 0.25) is 0 Å². The summed E-state index contributed by atoms with van der Waals surface area (Å²) >= 11 is 0. The molecular formula is C15H24N2. The lowest BCUT2D eigenvalue weighted by Crippen LogP contribution is -2.24. The predicted molar refractivity (Wildman–Crippen MR) is 70.2 cm³/mol.